The number of carbonyl (C=O) groups is 2. The lowest BCUT2D eigenvalue weighted by Crippen LogP contribution is -2.33. The number of halogens is 1. The Morgan fingerprint density at radius 1 is 1.04 bits per heavy atom. The molecule has 2 rings (SSSR count). The second kappa shape index (κ2) is 9.68. The molecule has 2 N–H and O–H groups in total. The molecule has 0 saturated carbocycles. The van der Waals surface area contributed by atoms with Gasteiger partial charge in [0.2, 0.25) is 11.8 Å². The fraction of sp³-hybridized carbons (Fsp3) is 0.263. The topological polar surface area (TPSA) is 76.7 Å². The van der Waals surface area contributed by atoms with E-state index in [-0.39, 0.29) is 31.4 Å². The molecule has 0 heterocycles. The smallest absolute Gasteiger partial charge is 0.243 e. The molecule has 138 valence electrons. The van der Waals surface area contributed by atoms with Crippen molar-refractivity contribution in [1.82, 2.24) is 5.32 Å². The number of ether oxygens (including phenoxy) is 2. The van der Waals surface area contributed by atoms with Crippen molar-refractivity contribution in [1.29, 1.82) is 0 Å². The summed E-state index contributed by atoms with van der Waals surface area (Å²) in [4.78, 5) is 23.8. The van der Waals surface area contributed by atoms with Crippen LogP contribution in [0, 0.1) is 6.92 Å². The van der Waals surface area contributed by atoms with Crippen molar-refractivity contribution in [3.05, 3.63) is 53.1 Å². The lowest BCUT2D eigenvalue weighted by Gasteiger charge is -2.11. The van der Waals surface area contributed by atoms with E-state index in [1.807, 2.05) is 19.1 Å². The maximum Gasteiger partial charge on any atom is 0.243 e. The van der Waals surface area contributed by atoms with E-state index in [2.05, 4.69) is 10.6 Å². The standard InChI is InChI=1S/C19H21ClN2O4/c1-13-14(20)6-5-7-15(13)22-19(24)12-21-18(23)10-11-26-17-9-4-3-8-16(17)25-2/h3-9H,10-12H2,1-2H3,(H,21,23)(H,22,24). The fourth-order valence-electron chi connectivity index (χ4n) is 2.20. The maximum atomic E-state index is 11.9. The lowest BCUT2D eigenvalue weighted by molar-refractivity contribution is -0.124. The molecule has 0 aliphatic heterocycles. The van der Waals surface area contributed by atoms with Crippen LogP contribution in [0.15, 0.2) is 42.5 Å². The highest BCUT2D eigenvalue weighted by Crippen LogP contribution is 2.25. The second-order valence-electron chi connectivity index (χ2n) is 5.49. The summed E-state index contributed by atoms with van der Waals surface area (Å²) in [6, 6.07) is 12.4. The zero-order valence-corrected chi connectivity index (χ0v) is 15.4. The summed E-state index contributed by atoms with van der Waals surface area (Å²) in [6.45, 7) is 1.87. The van der Waals surface area contributed by atoms with Crippen molar-refractivity contribution >= 4 is 29.1 Å². The quantitative estimate of drug-likeness (QED) is 0.741. The van der Waals surface area contributed by atoms with Crippen LogP contribution in [-0.2, 0) is 9.59 Å². The predicted molar refractivity (Wildman–Crippen MR) is 101 cm³/mol. The number of anilines is 1. The molecule has 0 radical (unpaired) electrons. The van der Waals surface area contributed by atoms with Crippen molar-refractivity contribution in [2.75, 3.05) is 25.6 Å². The summed E-state index contributed by atoms with van der Waals surface area (Å²) in [5.74, 6) is 0.563. The number of nitrogens with one attached hydrogen (secondary N) is 2. The summed E-state index contributed by atoms with van der Waals surface area (Å²) in [7, 11) is 1.55. The Morgan fingerprint density at radius 2 is 1.77 bits per heavy atom. The zero-order chi connectivity index (χ0) is 18.9. The first-order valence-corrected chi connectivity index (χ1v) is 8.46. The fourth-order valence-corrected chi connectivity index (χ4v) is 2.37. The molecule has 2 aromatic rings. The van der Waals surface area contributed by atoms with E-state index in [0.717, 1.165) is 5.56 Å². The normalized spacial score (nSPS) is 10.1. The third kappa shape index (κ3) is 5.67. The van der Waals surface area contributed by atoms with Gasteiger partial charge in [-0.15, -0.1) is 0 Å². The highest BCUT2D eigenvalue weighted by molar-refractivity contribution is 6.31. The molecule has 0 bridgehead atoms. The average molecular weight is 377 g/mol. The molecular weight excluding hydrogens is 356 g/mol. The molecular formula is C19H21ClN2O4. The Hall–Kier alpha value is -2.73. The molecule has 6 nitrogen and oxygen atoms in total. The van der Waals surface area contributed by atoms with Crippen LogP contribution in [0.1, 0.15) is 12.0 Å². The average Bonchev–Trinajstić information content (AvgIpc) is 2.64. The number of methoxy groups -OCH3 is 1. The zero-order valence-electron chi connectivity index (χ0n) is 14.7. The second-order valence-corrected chi connectivity index (χ2v) is 5.89. The van der Waals surface area contributed by atoms with Crippen molar-refractivity contribution in [3.8, 4) is 11.5 Å². The minimum atomic E-state index is -0.325. The lowest BCUT2D eigenvalue weighted by atomic mass is 10.2. The van der Waals surface area contributed by atoms with Crippen LogP contribution in [0.2, 0.25) is 5.02 Å². The molecule has 0 atom stereocenters. The van der Waals surface area contributed by atoms with E-state index in [0.29, 0.717) is 22.2 Å². The van der Waals surface area contributed by atoms with Gasteiger partial charge in [-0.05, 0) is 36.8 Å². The van der Waals surface area contributed by atoms with Crippen LogP contribution in [0.3, 0.4) is 0 Å². The van der Waals surface area contributed by atoms with Crippen LogP contribution in [-0.4, -0.2) is 32.1 Å². The van der Waals surface area contributed by atoms with Gasteiger partial charge in [0.15, 0.2) is 11.5 Å². The van der Waals surface area contributed by atoms with Crippen LogP contribution in [0.25, 0.3) is 0 Å². The number of para-hydroxylation sites is 2. The van der Waals surface area contributed by atoms with Gasteiger partial charge < -0.3 is 20.1 Å². The van der Waals surface area contributed by atoms with Gasteiger partial charge >= 0.3 is 0 Å². The molecule has 0 spiro atoms. The van der Waals surface area contributed by atoms with Crippen LogP contribution < -0.4 is 20.1 Å². The third-order valence-corrected chi connectivity index (χ3v) is 4.05. The molecule has 0 aliphatic carbocycles. The molecule has 26 heavy (non-hydrogen) atoms. The van der Waals surface area contributed by atoms with E-state index in [1.165, 1.54) is 0 Å². The van der Waals surface area contributed by atoms with E-state index >= 15 is 0 Å². The molecule has 0 saturated heterocycles. The van der Waals surface area contributed by atoms with Gasteiger partial charge in [-0.2, -0.15) is 0 Å². The molecule has 2 amide bonds. The minimum absolute atomic E-state index is 0.126. The van der Waals surface area contributed by atoms with Crippen molar-refractivity contribution in [3.63, 3.8) is 0 Å². The van der Waals surface area contributed by atoms with Crippen LogP contribution in [0.5, 0.6) is 11.5 Å². The summed E-state index contributed by atoms with van der Waals surface area (Å²) in [5.41, 5.74) is 1.40. The third-order valence-electron chi connectivity index (χ3n) is 3.64. The SMILES string of the molecule is COc1ccccc1OCCC(=O)NCC(=O)Nc1cccc(Cl)c1C. The van der Waals surface area contributed by atoms with Gasteiger partial charge in [0.1, 0.15) is 0 Å². The van der Waals surface area contributed by atoms with Crippen molar-refractivity contribution in [2.45, 2.75) is 13.3 Å². The Morgan fingerprint density at radius 3 is 2.50 bits per heavy atom. The number of amides is 2. The summed E-state index contributed by atoms with van der Waals surface area (Å²) < 4.78 is 10.7. The molecule has 0 aromatic heterocycles. The highest BCUT2D eigenvalue weighted by Gasteiger charge is 2.09. The number of carbonyl (C=O) groups excluding carboxylic acids is 2. The predicted octanol–water partition coefficient (Wildman–Crippen LogP) is 3.18. The minimum Gasteiger partial charge on any atom is -0.493 e. The van der Waals surface area contributed by atoms with Gasteiger partial charge in [-0.25, -0.2) is 0 Å². The number of benzene rings is 2. The van der Waals surface area contributed by atoms with Crippen LogP contribution in [0.4, 0.5) is 5.69 Å². The molecule has 2 aromatic carbocycles. The first-order valence-electron chi connectivity index (χ1n) is 8.08. The van der Waals surface area contributed by atoms with Gasteiger partial charge in [0.05, 0.1) is 26.7 Å². The Kier molecular flexibility index (Phi) is 7.29. The Balaban J connectivity index is 1.73. The van der Waals surface area contributed by atoms with E-state index in [4.69, 9.17) is 21.1 Å². The summed E-state index contributed by atoms with van der Waals surface area (Å²) >= 11 is 6.01. The first kappa shape index (κ1) is 19.6. The van der Waals surface area contributed by atoms with Gasteiger partial charge in [-0.1, -0.05) is 29.8 Å². The number of hydrogen-bond donors (Lipinski definition) is 2. The van der Waals surface area contributed by atoms with Crippen LogP contribution >= 0.6 is 11.6 Å². The maximum absolute atomic E-state index is 11.9. The largest absolute Gasteiger partial charge is 0.493 e. The van der Waals surface area contributed by atoms with Gasteiger partial charge in [0.25, 0.3) is 0 Å². The van der Waals surface area contributed by atoms with E-state index in [1.54, 1.807) is 37.4 Å². The molecule has 0 unspecified atom stereocenters. The monoisotopic (exact) mass is 376 g/mol. The van der Waals surface area contributed by atoms with E-state index < -0.39 is 0 Å². The summed E-state index contributed by atoms with van der Waals surface area (Å²) in [5, 5.41) is 5.84. The number of rotatable bonds is 8. The highest BCUT2D eigenvalue weighted by atomic mass is 35.5. The molecule has 0 fully saturated rings. The van der Waals surface area contributed by atoms with Crippen molar-refractivity contribution < 1.29 is 19.1 Å². The summed E-state index contributed by atoms with van der Waals surface area (Å²) in [6.07, 6.45) is 0.127. The van der Waals surface area contributed by atoms with Gasteiger partial charge in [-0.3, -0.25) is 9.59 Å². The molecule has 7 heteroatoms. The first-order chi connectivity index (χ1) is 12.5. The van der Waals surface area contributed by atoms with Gasteiger partial charge in [0, 0.05) is 10.7 Å². The van der Waals surface area contributed by atoms with E-state index in [9.17, 15) is 9.59 Å². The Bertz CT molecular complexity index is 780. The molecule has 0 aliphatic rings. The number of hydrogen-bond acceptors (Lipinski definition) is 4. The Labute approximate surface area is 157 Å². The van der Waals surface area contributed by atoms with Crippen molar-refractivity contribution in [2.24, 2.45) is 0 Å².